The fourth-order valence-electron chi connectivity index (χ4n) is 3.23. The molecule has 1 amide bonds. The number of hydrogen-bond acceptors (Lipinski definition) is 3. The third kappa shape index (κ3) is 4.11. The lowest BCUT2D eigenvalue weighted by atomic mass is 10.1. The maximum Gasteiger partial charge on any atom is 0.261 e. The molecule has 6 heteroatoms. The molecule has 0 aliphatic rings. The molecule has 0 atom stereocenters. The van der Waals surface area contributed by atoms with Gasteiger partial charge < -0.3 is 4.90 Å². The highest BCUT2D eigenvalue weighted by atomic mass is 79.9. The van der Waals surface area contributed by atoms with Crippen LogP contribution in [0.25, 0.3) is 10.9 Å². The molecule has 27 heavy (non-hydrogen) atoms. The molecule has 140 valence electrons. The summed E-state index contributed by atoms with van der Waals surface area (Å²) in [6, 6.07) is 11.5. The number of amides is 1. The van der Waals surface area contributed by atoms with Gasteiger partial charge in [0.1, 0.15) is 0 Å². The summed E-state index contributed by atoms with van der Waals surface area (Å²) in [5, 5.41) is 0.543. The van der Waals surface area contributed by atoms with Gasteiger partial charge in [0.15, 0.2) is 0 Å². The molecule has 0 aliphatic heterocycles. The molecule has 0 saturated carbocycles. The number of fused-ring (bicyclic) bond motifs is 1. The Bertz CT molecular complexity index is 1060. The molecular weight excluding hydrogens is 406 g/mol. The lowest BCUT2D eigenvalue weighted by Crippen LogP contribution is -2.33. The molecule has 3 rings (SSSR count). The third-order valence-corrected chi connectivity index (χ3v) is 5.11. The molecule has 0 aliphatic carbocycles. The van der Waals surface area contributed by atoms with Gasteiger partial charge in [-0.2, -0.15) is 0 Å². The second kappa shape index (κ2) is 8.05. The smallest absolute Gasteiger partial charge is 0.261 e. The number of benzene rings is 2. The second-order valence-electron chi connectivity index (χ2n) is 6.58. The number of hydrogen-bond donors (Lipinski definition) is 0. The molecule has 1 heterocycles. The van der Waals surface area contributed by atoms with Crippen LogP contribution in [0.4, 0.5) is 5.69 Å². The lowest BCUT2D eigenvalue weighted by molar-refractivity contribution is -0.118. The van der Waals surface area contributed by atoms with Gasteiger partial charge in [-0.15, -0.1) is 0 Å². The van der Waals surface area contributed by atoms with E-state index in [0.29, 0.717) is 24.0 Å². The highest BCUT2D eigenvalue weighted by Crippen LogP contribution is 2.22. The SMILES string of the molecule is CCN(C(=O)CCn1cnc2ccc(Br)cc2c1=O)c1ccc(C)cc1C. The highest BCUT2D eigenvalue weighted by Gasteiger charge is 2.16. The van der Waals surface area contributed by atoms with Gasteiger partial charge in [0.05, 0.1) is 17.2 Å². The summed E-state index contributed by atoms with van der Waals surface area (Å²) in [6.45, 7) is 6.88. The van der Waals surface area contributed by atoms with E-state index in [1.165, 1.54) is 16.5 Å². The van der Waals surface area contributed by atoms with E-state index < -0.39 is 0 Å². The second-order valence-corrected chi connectivity index (χ2v) is 7.50. The number of aryl methyl sites for hydroxylation is 3. The quantitative estimate of drug-likeness (QED) is 0.612. The fourth-order valence-corrected chi connectivity index (χ4v) is 3.59. The maximum absolute atomic E-state index is 12.8. The Morgan fingerprint density at radius 2 is 1.96 bits per heavy atom. The Labute approximate surface area is 166 Å². The van der Waals surface area contributed by atoms with E-state index in [0.717, 1.165) is 15.7 Å². The van der Waals surface area contributed by atoms with Gasteiger partial charge in [0.25, 0.3) is 5.56 Å². The Morgan fingerprint density at radius 3 is 2.67 bits per heavy atom. The van der Waals surface area contributed by atoms with E-state index in [2.05, 4.69) is 27.0 Å². The molecule has 0 fully saturated rings. The van der Waals surface area contributed by atoms with Crippen molar-refractivity contribution in [1.29, 1.82) is 0 Å². The summed E-state index contributed by atoms with van der Waals surface area (Å²) < 4.78 is 2.33. The zero-order chi connectivity index (χ0) is 19.6. The van der Waals surface area contributed by atoms with Crippen LogP contribution in [0.1, 0.15) is 24.5 Å². The number of carbonyl (C=O) groups excluding carboxylic acids is 1. The van der Waals surface area contributed by atoms with Gasteiger partial charge in [-0.05, 0) is 50.6 Å². The van der Waals surface area contributed by atoms with Gasteiger partial charge in [-0.3, -0.25) is 14.2 Å². The van der Waals surface area contributed by atoms with Crippen LogP contribution in [0.5, 0.6) is 0 Å². The predicted molar refractivity (Wildman–Crippen MR) is 112 cm³/mol. The number of rotatable bonds is 5. The van der Waals surface area contributed by atoms with Crippen molar-refractivity contribution in [2.45, 2.75) is 33.7 Å². The van der Waals surface area contributed by atoms with Crippen molar-refractivity contribution in [1.82, 2.24) is 9.55 Å². The lowest BCUT2D eigenvalue weighted by Gasteiger charge is -2.23. The van der Waals surface area contributed by atoms with Crippen LogP contribution < -0.4 is 10.5 Å². The minimum absolute atomic E-state index is 0.00862. The Morgan fingerprint density at radius 1 is 1.19 bits per heavy atom. The van der Waals surface area contributed by atoms with Crippen molar-refractivity contribution in [3.63, 3.8) is 0 Å². The standard InChI is InChI=1S/C21H22BrN3O2/c1-4-25(19-8-5-14(2)11-15(19)3)20(26)9-10-24-13-23-18-7-6-16(22)12-17(18)21(24)27/h5-8,11-13H,4,9-10H2,1-3H3. The van der Waals surface area contributed by atoms with E-state index in [1.807, 2.05) is 39.0 Å². The first-order chi connectivity index (χ1) is 12.9. The molecule has 1 aromatic heterocycles. The van der Waals surface area contributed by atoms with Gasteiger partial charge in [-0.1, -0.05) is 33.6 Å². The number of halogens is 1. The molecule has 0 N–H and O–H groups in total. The Hall–Kier alpha value is -2.47. The van der Waals surface area contributed by atoms with Crippen LogP contribution >= 0.6 is 15.9 Å². The van der Waals surface area contributed by atoms with E-state index in [1.54, 1.807) is 17.0 Å². The van der Waals surface area contributed by atoms with Crippen LogP contribution in [-0.4, -0.2) is 22.0 Å². The monoisotopic (exact) mass is 427 g/mol. The van der Waals surface area contributed by atoms with Crippen molar-refractivity contribution >= 4 is 38.4 Å². The van der Waals surface area contributed by atoms with E-state index in [-0.39, 0.29) is 17.9 Å². The Balaban J connectivity index is 1.81. The molecule has 0 radical (unpaired) electrons. The zero-order valence-electron chi connectivity index (χ0n) is 15.7. The van der Waals surface area contributed by atoms with Crippen molar-refractivity contribution in [3.8, 4) is 0 Å². The first-order valence-corrected chi connectivity index (χ1v) is 9.72. The summed E-state index contributed by atoms with van der Waals surface area (Å²) in [4.78, 5) is 31.6. The van der Waals surface area contributed by atoms with Crippen molar-refractivity contribution < 1.29 is 4.79 Å². The molecule has 5 nitrogen and oxygen atoms in total. The van der Waals surface area contributed by atoms with Crippen LogP contribution in [0.2, 0.25) is 0 Å². The Kier molecular flexibility index (Phi) is 5.75. The topological polar surface area (TPSA) is 55.2 Å². The molecular formula is C21H22BrN3O2. The van der Waals surface area contributed by atoms with Crippen LogP contribution in [-0.2, 0) is 11.3 Å². The number of aromatic nitrogens is 2. The van der Waals surface area contributed by atoms with Crippen molar-refractivity contribution in [3.05, 3.63) is 68.7 Å². The molecule has 0 saturated heterocycles. The highest BCUT2D eigenvalue weighted by molar-refractivity contribution is 9.10. The van der Waals surface area contributed by atoms with Gasteiger partial charge in [0.2, 0.25) is 5.91 Å². The largest absolute Gasteiger partial charge is 0.312 e. The van der Waals surface area contributed by atoms with Crippen LogP contribution in [0, 0.1) is 13.8 Å². The van der Waals surface area contributed by atoms with E-state index in [9.17, 15) is 9.59 Å². The van der Waals surface area contributed by atoms with Crippen molar-refractivity contribution in [2.24, 2.45) is 0 Å². The zero-order valence-corrected chi connectivity index (χ0v) is 17.3. The molecule has 0 spiro atoms. The molecule has 2 aromatic carbocycles. The molecule has 3 aromatic rings. The van der Waals surface area contributed by atoms with Gasteiger partial charge in [0, 0.05) is 29.7 Å². The number of carbonyl (C=O) groups is 1. The average molecular weight is 428 g/mol. The minimum Gasteiger partial charge on any atom is -0.312 e. The summed E-state index contributed by atoms with van der Waals surface area (Å²) in [7, 11) is 0. The van der Waals surface area contributed by atoms with Crippen LogP contribution in [0.3, 0.4) is 0 Å². The van der Waals surface area contributed by atoms with Crippen molar-refractivity contribution in [2.75, 3.05) is 11.4 Å². The first-order valence-electron chi connectivity index (χ1n) is 8.93. The third-order valence-electron chi connectivity index (χ3n) is 4.61. The number of nitrogens with zero attached hydrogens (tertiary/aromatic N) is 3. The van der Waals surface area contributed by atoms with Gasteiger partial charge in [-0.25, -0.2) is 4.98 Å². The summed E-state index contributed by atoms with van der Waals surface area (Å²) in [6.07, 6.45) is 1.75. The van der Waals surface area contributed by atoms with E-state index >= 15 is 0 Å². The molecule has 0 unspecified atom stereocenters. The van der Waals surface area contributed by atoms with Crippen LogP contribution in [0.15, 0.2) is 52.0 Å². The molecule has 0 bridgehead atoms. The summed E-state index contributed by atoms with van der Waals surface area (Å²) in [5.41, 5.74) is 3.67. The predicted octanol–water partition coefficient (Wildman–Crippen LogP) is 4.22. The minimum atomic E-state index is -0.135. The van der Waals surface area contributed by atoms with E-state index in [4.69, 9.17) is 0 Å². The van der Waals surface area contributed by atoms with Gasteiger partial charge >= 0.3 is 0 Å². The first kappa shape index (κ1) is 19.3. The number of anilines is 1. The normalized spacial score (nSPS) is 11.0. The maximum atomic E-state index is 12.8. The summed E-state index contributed by atoms with van der Waals surface area (Å²) in [5.74, 6) is -0.00862. The fraction of sp³-hybridized carbons (Fsp3) is 0.286. The average Bonchev–Trinajstić information content (AvgIpc) is 2.64. The summed E-state index contributed by atoms with van der Waals surface area (Å²) >= 11 is 3.38.